The van der Waals surface area contributed by atoms with Crippen LogP contribution in [0.3, 0.4) is 0 Å². The molecule has 1 atom stereocenters. The highest BCUT2D eigenvalue weighted by Gasteiger charge is 2.32. The number of benzene rings is 1. The number of non-ortho nitro benzene ring substituents is 1. The van der Waals surface area contributed by atoms with Crippen LogP contribution in [0.1, 0.15) is 0 Å². The van der Waals surface area contributed by atoms with Crippen molar-refractivity contribution < 1.29 is 28.8 Å². The Hall–Kier alpha value is -3.27. The topological polar surface area (TPSA) is 119 Å². The van der Waals surface area contributed by atoms with Crippen molar-refractivity contribution in [1.82, 2.24) is 9.80 Å². The molecule has 26 heavy (non-hydrogen) atoms. The van der Waals surface area contributed by atoms with Gasteiger partial charge < -0.3 is 14.4 Å². The maximum Gasteiger partial charge on any atom is 0.513 e. The summed E-state index contributed by atoms with van der Waals surface area (Å²) in [5.74, 6) is -0.886. The van der Waals surface area contributed by atoms with Gasteiger partial charge in [0.2, 0.25) is 0 Å². The lowest BCUT2D eigenvalue weighted by atomic mass is 10.2. The van der Waals surface area contributed by atoms with Gasteiger partial charge in [-0.3, -0.25) is 24.6 Å². The molecule has 0 radical (unpaired) electrons. The lowest BCUT2D eigenvalue weighted by Gasteiger charge is -2.28. The summed E-state index contributed by atoms with van der Waals surface area (Å²) in [7, 11) is 3.50. The van der Waals surface area contributed by atoms with Gasteiger partial charge in [-0.1, -0.05) is 0 Å². The summed E-state index contributed by atoms with van der Waals surface area (Å²) >= 11 is 0. The van der Waals surface area contributed by atoms with Crippen LogP contribution in [-0.4, -0.2) is 66.0 Å². The number of hydrogen-bond donors (Lipinski definition) is 0. The van der Waals surface area contributed by atoms with E-state index in [-0.39, 0.29) is 18.0 Å². The van der Waals surface area contributed by atoms with Crippen LogP contribution in [0.5, 0.6) is 5.75 Å². The van der Waals surface area contributed by atoms with Crippen LogP contribution in [0.4, 0.5) is 10.5 Å². The number of likely N-dealkylation sites (N-methyl/N-ethyl adjacent to an activating group) is 1. The largest absolute Gasteiger partial charge is 0.513 e. The number of rotatable bonds is 7. The van der Waals surface area contributed by atoms with Gasteiger partial charge in [0.15, 0.2) is 0 Å². The van der Waals surface area contributed by atoms with Crippen LogP contribution in [0.2, 0.25) is 0 Å². The average Bonchev–Trinajstić information content (AvgIpc) is 2.90. The first-order valence-corrected chi connectivity index (χ1v) is 7.57. The number of nitro benzene ring substituents is 1. The van der Waals surface area contributed by atoms with E-state index < -0.39 is 28.9 Å². The predicted octanol–water partition coefficient (Wildman–Crippen LogP) is 0.965. The maximum absolute atomic E-state index is 11.8. The minimum atomic E-state index is -1.05. The Bertz CT molecular complexity index is 725. The first-order valence-electron chi connectivity index (χ1n) is 7.57. The fourth-order valence-corrected chi connectivity index (χ4v) is 2.33. The monoisotopic (exact) mass is 363 g/mol. The molecule has 0 aliphatic carbocycles. The highest BCUT2D eigenvalue weighted by Crippen LogP contribution is 2.18. The van der Waals surface area contributed by atoms with E-state index in [9.17, 15) is 24.5 Å². The summed E-state index contributed by atoms with van der Waals surface area (Å²) in [5, 5.41) is 10.6. The van der Waals surface area contributed by atoms with Crippen molar-refractivity contribution in [2.45, 2.75) is 6.04 Å². The predicted molar refractivity (Wildman–Crippen MR) is 88.4 cm³/mol. The summed E-state index contributed by atoms with van der Waals surface area (Å²) in [6, 6.07) is 4.21. The fourth-order valence-electron chi connectivity index (χ4n) is 2.33. The van der Waals surface area contributed by atoms with Gasteiger partial charge in [-0.2, -0.15) is 0 Å². The second-order valence-corrected chi connectivity index (χ2v) is 5.71. The van der Waals surface area contributed by atoms with E-state index in [2.05, 4.69) is 0 Å². The third kappa shape index (κ3) is 4.86. The number of ether oxygens (including phenoxy) is 2. The van der Waals surface area contributed by atoms with Crippen molar-refractivity contribution in [2.75, 3.05) is 27.2 Å². The molecule has 0 saturated carbocycles. The number of carbonyl (C=O) groups excluding carboxylic acids is 3. The second-order valence-electron chi connectivity index (χ2n) is 5.71. The standard InChI is InChI=1S/C16H17N3O7/c1-17(2)9-12(18-14(20)7-8-15(18)21)10-25-16(22)26-13-5-3-11(4-6-13)19(23)24/h3-8,12H,9-10H2,1-2H3/t12-/m1/s1. The Labute approximate surface area is 148 Å². The van der Waals surface area contributed by atoms with Crippen LogP contribution < -0.4 is 4.74 Å². The van der Waals surface area contributed by atoms with E-state index in [1.807, 2.05) is 0 Å². The van der Waals surface area contributed by atoms with Gasteiger partial charge in [-0.15, -0.1) is 0 Å². The van der Waals surface area contributed by atoms with Crippen molar-refractivity contribution in [1.29, 1.82) is 0 Å². The minimum Gasteiger partial charge on any atom is -0.432 e. The van der Waals surface area contributed by atoms with Crippen molar-refractivity contribution in [3.63, 3.8) is 0 Å². The summed E-state index contributed by atoms with van der Waals surface area (Å²) < 4.78 is 9.92. The molecule has 0 spiro atoms. The van der Waals surface area contributed by atoms with Gasteiger partial charge in [-0.05, 0) is 26.2 Å². The summed E-state index contributed by atoms with van der Waals surface area (Å²) in [5.41, 5.74) is -0.143. The number of nitro groups is 1. The summed E-state index contributed by atoms with van der Waals surface area (Å²) in [4.78, 5) is 48.2. The van der Waals surface area contributed by atoms with Gasteiger partial charge in [-0.25, -0.2) is 4.79 Å². The quantitative estimate of drug-likeness (QED) is 0.231. The highest BCUT2D eigenvalue weighted by atomic mass is 16.7. The zero-order chi connectivity index (χ0) is 19.3. The minimum absolute atomic E-state index is 0.0692. The Morgan fingerprint density at radius 3 is 2.27 bits per heavy atom. The molecular weight excluding hydrogens is 346 g/mol. The molecule has 1 heterocycles. The molecule has 0 bridgehead atoms. The van der Waals surface area contributed by atoms with E-state index in [4.69, 9.17) is 9.47 Å². The normalized spacial score (nSPS) is 14.7. The van der Waals surface area contributed by atoms with Crippen LogP contribution in [0, 0.1) is 10.1 Å². The number of imide groups is 1. The summed E-state index contributed by atoms with van der Waals surface area (Å²) in [6.07, 6.45) is 1.26. The number of hydrogen-bond acceptors (Lipinski definition) is 8. The van der Waals surface area contributed by atoms with Crippen LogP contribution in [-0.2, 0) is 14.3 Å². The molecule has 1 aliphatic heterocycles. The maximum atomic E-state index is 11.8. The number of amides is 2. The molecule has 138 valence electrons. The van der Waals surface area contributed by atoms with E-state index >= 15 is 0 Å². The van der Waals surface area contributed by atoms with Crippen molar-refractivity contribution in [3.05, 3.63) is 46.5 Å². The highest BCUT2D eigenvalue weighted by molar-refractivity contribution is 6.13. The average molecular weight is 363 g/mol. The lowest BCUT2D eigenvalue weighted by molar-refractivity contribution is -0.384. The Balaban J connectivity index is 1.95. The molecule has 0 unspecified atom stereocenters. The van der Waals surface area contributed by atoms with Gasteiger partial charge >= 0.3 is 6.16 Å². The zero-order valence-corrected chi connectivity index (χ0v) is 14.2. The van der Waals surface area contributed by atoms with E-state index in [1.165, 1.54) is 24.3 Å². The molecule has 0 fully saturated rings. The molecule has 10 nitrogen and oxygen atoms in total. The molecule has 0 N–H and O–H groups in total. The second kappa shape index (κ2) is 8.21. The van der Waals surface area contributed by atoms with Crippen molar-refractivity contribution in [2.24, 2.45) is 0 Å². The first kappa shape index (κ1) is 19.1. The molecule has 0 aromatic heterocycles. The van der Waals surface area contributed by atoms with E-state index in [1.54, 1.807) is 19.0 Å². The van der Waals surface area contributed by atoms with E-state index in [0.717, 1.165) is 17.1 Å². The zero-order valence-electron chi connectivity index (χ0n) is 14.2. The van der Waals surface area contributed by atoms with Gasteiger partial charge in [0, 0.05) is 30.8 Å². The molecular formula is C16H17N3O7. The smallest absolute Gasteiger partial charge is 0.432 e. The molecule has 10 heteroatoms. The molecule has 1 aromatic rings. The Morgan fingerprint density at radius 2 is 1.77 bits per heavy atom. The number of carbonyl (C=O) groups is 3. The SMILES string of the molecule is CN(C)C[C@H](COC(=O)Oc1ccc([N+](=O)[O-])cc1)N1C(=O)C=CC1=O. The Morgan fingerprint density at radius 1 is 1.19 bits per heavy atom. The van der Waals surface area contributed by atoms with E-state index in [0.29, 0.717) is 6.54 Å². The Kier molecular flexibility index (Phi) is 6.02. The van der Waals surface area contributed by atoms with Crippen LogP contribution in [0.25, 0.3) is 0 Å². The lowest BCUT2D eigenvalue weighted by Crippen LogP contribution is -2.48. The number of nitrogens with zero attached hydrogens (tertiary/aromatic N) is 3. The van der Waals surface area contributed by atoms with Crippen molar-refractivity contribution >= 4 is 23.7 Å². The van der Waals surface area contributed by atoms with Gasteiger partial charge in [0.25, 0.3) is 17.5 Å². The molecule has 2 amide bonds. The molecule has 0 saturated heterocycles. The first-order chi connectivity index (χ1) is 12.3. The van der Waals surface area contributed by atoms with Crippen LogP contribution >= 0.6 is 0 Å². The van der Waals surface area contributed by atoms with Crippen molar-refractivity contribution in [3.8, 4) is 5.75 Å². The van der Waals surface area contributed by atoms with Gasteiger partial charge in [0.05, 0.1) is 11.0 Å². The molecule has 1 aliphatic rings. The summed E-state index contributed by atoms with van der Waals surface area (Å²) in [6.45, 7) is 0.0487. The van der Waals surface area contributed by atoms with Gasteiger partial charge in [0.1, 0.15) is 12.4 Å². The van der Waals surface area contributed by atoms with Crippen LogP contribution in [0.15, 0.2) is 36.4 Å². The fraction of sp³-hybridized carbons (Fsp3) is 0.312. The molecule has 1 aromatic carbocycles. The third-order valence-corrected chi connectivity index (χ3v) is 3.43. The third-order valence-electron chi connectivity index (χ3n) is 3.43. The molecule has 2 rings (SSSR count).